The number of halogens is 2. The lowest BCUT2D eigenvalue weighted by Gasteiger charge is -2.05. The van der Waals surface area contributed by atoms with E-state index in [9.17, 15) is 5.11 Å². The Morgan fingerprint density at radius 2 is 2.07 bits per heavy atom. The van der Waals surface area contributed by atoms with Gasteiger partial charge in [-0.15, -0.1) is 12.4 Å². The maximum atomic E-state index is 9.52. The minimum Gasteiger partial charge on any atom is -0.507 e. The molecule has 0 spiro atoms. The maximum absolute atomic E-state index is 9.52. The van der Waals surface area contributed by atoms with E-state index in [4.69, 9.17) is 16.3 Å². The van der Waals surface area contributed by atoms with E-state index in [-0.39, 0.29) is 18.2 Å². The fraction of sp³-hybridized carbons (Fsp3) is 0. The van der Waals surface area contributed by atoms with Crippen LogP contribution in [0.2, 0.25) is 5.02 Å². The highest BCUT2D eigenvalue weighted by Crippen LogP contribution is 2.29. The van der Waals surface area contributed by atoms with E-state index in [0.29, 0.717) is 16.3 Å². The van der Waals surface area contributed by atoms with Crippen molar-refractivity contribution in [1.82, 2.24) is 0 Å². The van der Waals surface area contributed by atoms with Crippen LogP contribution in [0.3, 0.4) is 0 Å². The molecule has 0 saturated carbocycles. The second-order valence-corrected chi connectivity index (χ2v) is 3.08. The van der Waals surface area contributed by atoms with E-state index in [2.05, 4.69) is 0 Å². The van der Waals surface area contributed by atoms with Gasteiger partial charge in [0.25, 0.3) is 0 Å². The average molecular weight is 231 g/mol. The Bertz CT molecular complexity index is 397. The van der Waals surface area contributed by atoms with Crippen LogP contribution in [0.25, 0.3) is 5.76 Å². The number of hydrogen-bond acceptors (Lipinski definition) is 2. The number of benzene rings is 1. The second-order valence-electron chi connectivity index (χ2n) is 2.64. The first kappa shape index (κ1) is 11.0. The molecule has 0 aromatic heterocycles. The molecule has 1 aliphatic rings. The zero-order chi connectivity index (χ0) is 9.26. The monoisotopic (exact) mass is 230 g/mol. The van der Waals surface area contributed by atoms with Gasteiger partial charge in [0.2, 0.25) is 0 Å². The topological polar surface area (TPSA) is 29.5 Å². The summed E-state index contributed by atoms with van der Waals surface area (Å²) in [4.78, 5) is 0. The number of rotatable bonds is 0. The molecular weight excluding hydrogens is 223 g/mol. The van der Waals surface area contributed by atoms with Crippen molar-refractivity contribution in [3.8, 4) is 5.75 Å². The normalized spacial score (nSPS) is 13.1. The van der Waals surface area contributed by atoms with Crippen LogP contribution in [0, 0.1) is 0 Å². The molecule has 4 heteroatoms. The number of ether oxygens (including phenoxy) is 1. The van der Waals surface area contributed by atoms with Gasteiger partial charge in [-0.3, -0.25) is 0 Å². The summed E-state index contributed by atoms with van der Waals surface area (Å²) in [5.74, 6) is 0.746. The molecule has 1 heterocycles. The van der Waals surface area contributed by atoms with Crippen molar-refractivity contribution >= 4 is 29.8 Å². The highest BCUT2D eigenvalue weighted by atomic mass is 35.5. The molecule has 0 amide bonds. The van der Waals surface area contributed by atoms with Gasteiger partial charge < -0.3 is 9.84 Å². The van der Waals surface area contributed by atoms with E-state index in [1.54, 1.807) is 30.4 Å². The van der Waals surface area contributed by atoms with Crippen LogP contribution in [0.1, 0.15) is 5.56 Å². The van der Waals surface area contributed by atoms with Gasteiger partial charge in [-0.25, -0.2) is 0 Å². The van der Waals surface area contributed by atoms with Crippen molar-refractivity contribution in [2.75, 3.05) is 0 Å². The van der Waals surface area contributed by atoms with Gasteiger partial charge in [0.1, 0.15) is 11.5 Å². The minimum absolute atomic E-state index is 0. The lowest BCUT2D eigenvalue weighted by molar-refractivity contribution is 0.471. The molecule has 1 aromatic rings. The Kier molecular flexibility index (Phi) is 3.44. The molecule has 0 saturated heterocycles. The number of hydrogen-bond donors (Lipinski definition) is 1. The van der Waals surface area contributed by atoms with Crippen molar-refractivity contribution in [1.29, 1.82) is 0 Å². The molecule has 1 N–H and O–H groups in total. The number of allylic oxidation sites excluding steroid dienone is 2. The molecule has 0 bridgehead atoms. The summed E-state index contributed by atoms with van der Waals surface area (Å²) in [6, 6.07) is 5.09. The minimum atomic E-state index is 0. The molecule has 0 radical (unpaired) electrons. The van der Waals surface area contributed by atoms with E-state index >= 15 is 0 Å². The Hall–Kier alpha value is -1.12. The molecule has 74 valence electrons. The predicted molar refractivity (Wildman–Crippen MR) is 59.1 cm³/mol. The largest absolute Gasteiger partial charge is 0.507 e. The summed E-state index contributed by atoms with van der Waals surface area (Å²) in [7, 11) is 0. The van der Waals surface area contributed by atoms with Gasteiger partial charge in [0.15, 0.2) is 0 Å². The lowest BCUT2D eigenvalue weighted by Crippen LogP contribution is -1.87. The van der Waals surface area contributed by atoms with Gasteiger partial charge in [-0.2, -0.15) is 0 Å². The smallest absolute Gasteiger partial charge is 0.138 e. The van der Waals surface area contributed by atoms with Crippen LogP contribution in [0.15, 0.2) is 36.6 Å². The fourth-order valence-corrected chi connectivity index (χ4v) is 1.30. The second kappa shape index (κ2) is 4.40. The van der Waals surface area contributed by atoms with Gasteiger partial charge in [-0.1, -0.05) is 11.6 Å². The molecular formula is C10H8Cl2O2. The van der Waals surface area contributed by atoms with Gasteiger partial charge in [0.05, 0.1) is 11.8 Å². The van der Waals surface area contributed by atoms with Crippen molar-refractivity contribution in [2.45, 2.75) is 0 Å². The van der Waals surface area contributed by atoms with E-state index in [0.717, 1.165) is 0 Å². The average Bonchev–Trinajstić information content (AvgIpc) is 2.28. The lowest BCUT2D eigenvalue weighted by atomic mass is 10.1. The SMILES string of the molecule is Cl.OC1=CC=COc2cc(Cl)ccc21. The standard InChI is InChI=1S/C10H7ClO2.ClH/c11-7-3-4-8-9(12)2-1-5-13-10(8)6-7;/h1-6,12H;1H. The summed E-state index contributed by atoms with van der Waals surface area (Å²) < 4.78 is 5.22. The fourth-order valence-electron chi connectivity index (χ4n) is 1.14. The zero-order valence-electron chi connectivity index (χ0n) is 7.11. The number of aliphatic hydroxyl groups excluding tert-OH is 1. The van der Waals surface area contributed by atoms with Crippen LogP contribution in [0.4, 0.5) is 0 Å². The summed E-state index contributed by atoms with van der Waals surface area (Å²) in [6.07, 6.45) is 4.70. The third-order valence-electron chi connectivity index (χ3n) is 1.75. The molecule has 0 unspecified atom stereocenters. The van der Waals surface area contributed by atoms with Crippen LogP contribution in [-0.2, 0) is 0 Å². The summed E-state index contributed by atoms with van der Waals surface area (Å²) in [5, 5.41) is 10.1. The third-order valence-corrected chi connectivity index (χ3v) is 1.98. The zero-order valence-corrected chi connectivity index (χ0v) is 8.68. The van der Waals surface area contributed by atoms with Crippen molar-refractivity contribution in [2.24, 2.45) is 0 Å². The van der Waals surface area contributed by atoms with E-state index in [1.807, 2.05) is 0 Å². The van der Waals surface area contributed by atoms with Crippen LogP contribution < -0.4 is 4.74 Å². The van der Waals surface area contributed by atoms with E-state index in [1.165, 1.54) is 6.26 Å². The maximum Gasteiger partial charge on any atom is 0.138 e. The third kappa shape index (κ3) is 2.03. The highest BCUT2D eigenvalue weighted by molar-refractivity contribution is 6.30. The highest BCUT2D eigenvalue weighted by Gasteiger charge is 2.09. The quantitative estimate of drug-likeness (QED) is 0.739. The summed E-state index contributed by atoms with van der Waals surface area (Å²) >= 11 is 5.77. The van der Waals surface area contributed by atoms with Crippen molar-refractivity contribution in [3.63, 3.8) is 0 Å². The van der Waals surface area contributed by atoms with Crippen LogP contribution >= 0.6 is 24.0 Å². The number of aliphatic hydroxyl groups is 1. The van der Waals surface area contributed by atoms with Gasteiger partial charge in [-0.05, 0) is 24.3 Å². The van der Waals surface area contributed by atoms with E-state index < -0.39 is 0 Å². The van der Waals surface area contributed by atoms with Crippen LogP contribution in [0.5, 0.6) is 5.75 Å². The molecule has 1 aromatic carbocycles. The molecule has 0 atom stereocenters. The molecule has 0 fully saturated rings. The number of fused-ring (bicyclic) bond motifs is 1. The van der Waals surface area contributed by atoms with Crippen molar-refractivity contribution < 1.29 is 9.84 Å². The Balaban J connectivity index is 0.000000980. The Morgan fingerprint density at radius 3 is 2.86 bits per heavy atom. The summed E-state index contributed by atoms with van der Waals surface area (Å²) in [6.45, 7) is 0. The van der Waals surface area contributed by atoms with Gasteiger partial charge in [0, 0.05) is 11.1 Å². The molecule has 1 aliphatic heterocycles. The summed E-state index contributed by atoms with van der Waals surface area (Å²) in [5.41, 5.74) is 0.648. The Morgan fingerprint density at radius 1 is 1.29 bits per heavy atom. The molecule has 2 rings (SSSR count). The first-order chi connectivity index (χ1) is 6.27. The first-order valence-electron chi connectivity index (χ1n) is 3.80. The van der Waals surface area contributed by atoms with Gasteiger partial charge >= 0.3 is 0 Å². The first-order valence-corrected chi connectivity index (χ1v) is 4.17. The predicted octanol–water partition coefficient (Wildman–Crippen LogP) is 3.57. The molecule has 2 nitrogen and oxygen atoms in total. The van der Waals surface area contributed by atoms with Crippen molar-refractivity contribution in [3.05, 3.63) is 47.2 Å². The molecule has 14 heavy (non-hydrogen) atoms. The molecule has 0 aliphatic carbocycles. The van der Waals surface area contributed by atoms with Crippen LogP contribution in [-0.4, -0.2) is 5.11 Å². The Labute approximate surface area is 92.9 Å².